The first-order valence-electron chi connectivity index (χ1n) is 7.29. The van der Waals surface area contributed by atoms with E-state index in [2.05, 4.69) is 10.3 Å². The van der Waals surface area contributed by atoms with Crippen molar-refractivity contribution in [1.82, 2.24) is 10.3 Å². The van der Waals surface area contributed by atoms with Crippen molar-refractivity contribution in [1.29, 1.82) is 0 Å². The number of halogens is 1. The summed E-state index contributed by atoms with van der Waals surface area (Å²) in [7, 11) is 0. The lowest BCUT2D eigenvalue weighted by molar-refractivity contribution is -0.139. The molecule has 0 saturated carbocycles. The van der Waals surface area contributed by atoms with Crippen molar-refractivity contribution in [3.63, 3.8) is 0 Å². The van der Waals surface area contributed by atoms with E-state index < -0.39 is 17.9 Å². The van der Waals surface area contributed by atoms with Crippen LogP contribution in [0.1, 0.15) is 21.7 Å². The molecule has 0 aliphatic heterocycles. The van der Waals surface area contributed by atoms with E-state index in [4.69, 9.17) is 4.42 Å². The molecule has 3 rings (SSSR count). The Kier molecular flexibility index (Phi) is 4.07. The highest BCUT2D eigenvalue weighted by Crippen LogP contribution is 2.21. The Balaban J connectivity index is 1.82. The topological polar surface area (TPSA) is 95.3 Å². The van der Waals surface area contributed by atoms with Crippen molar-refractivity contribution in [2.24, 2.45) is 0 Å². The number of amides is 1. The lowest BCUT2D eigenvalue weighted by Crippen LogP contribution is -2.42. The number of aryl methyl sites for hydroxylation is 1. The zero-order valence-electron chi connectivity index (χ0n) is 12.8. The van der Waals surface area contributed by atoms with Gasteiger partial charge in [0.1, 0.15) is 17.6 Å². The lowest BCUT2D eigenvalue weighted by atomic mass is 10.0. The summed E-state index contributed by atoms with van der Waals surface area (Å²) >= 11 is 0. The van der Waals surface area contributed by atoms with Gasteiger partial charge in [0, 0.05) is 23.5 Å². The van der Waals surface area contributed by atoms with Crippen LogP contribution in [0, 0.1) is 12.7 Å². The highest BCUT2D eigenvalue weighted by atomic mass is 19.1. The highest BCUT2D eigenvalue weighted by Gasteiger charge is 2.23. The third kappa shape index (κ3) is 3.01. The molecule has 3 aromatic rings. The Morgan fingerprint density at radius 3 is 2.83 bits per heavy atom. The van der Waals surface area contributed by atoms with E-state index in [1.807, 2.05) is 0 Å². The van der Waals surface area contributed by atoms with E-state index in [-0.39, 0.29) is 12.2 Å². The van der Waals surface area contributed by atoms with Crippen LogP contribution in [0.3, 0.4) is 0 Å². The second-order valence-corrected chi connectivity index (χ2v) is 5.46. The minimum Gasteiger partial charge on any atom is -0.480 e. The summed E-state index contributed by atoms with van der Waals surface area (Å²) in [4.78, 5) is 26.6. The Hall–Kier alpha value is -3.09. The standard InChI is InChI=1S/C17H15FN2O4/c1-9-12(4-5-24-9)16(21)20-15(17(22)23)6-10-8-19-14-7-11(18)2-3-13(10)14/h2-5,7-8,15,19H,6H2,1H3,(H,20,21)(H,22,23). The normalized spacial score (nSPS) is 12.2. The molecule has 0 saturated heterocycles. The van der Waals surface area contributed by atoms with Gasteiger partial charge in [-0.05, 0) is 36.8 Å². The van der Waals surface area contributed by atoms with Gasteiger partial charge in [0.05, 0.1) is 11.8 Å². The van der Waals surface area contributed by atoms with Crippen LogP contribution in [0.2, 0.25) is 0 Å². The van der Waals surface area contributed by atoms with Gasteiger partial charge in [0.2, 0.25) is 0 Å². The number of carbonyl (C=O) groups excluding carboxylic acids is 1. The van der Waals surface area contributed by atoms with Crippen LogP contribution < -0.4 is 5.32 Å². The number of hydrogen-bond acceptors (Lipinski definition) is 3. The molecule has 7 heteroatoms. The van der Waals surface area contributed by atoms with Crippen molar-refractivity contribution in [3.8, 4) is 0 Å². The fourth-order valence-corrected chi connectivity index (χ4v) is 2.60. The first-order chi connectivity index (χ1) is 11.5. The molecule has 3 N–H and O–H groups in total. The van der Waals surface area contributed by atoms with Gasteiger partial charge in [-0.3, -0.25) is 4.79 Å². The van der Waals surface area contributed by atoms with Crippen LogP contribution in [-0.2, 0) is 11.2 Å². The summed E-state index contributed by atoms with van der Waals surface area (Å²) in [6.45, 7) is 1.62. The van der Waals surface area contributed by atoms with Gasteiger partial charge >= 0.3 is 5.97 Å². The monoisotopic (exact) mass is 330 g/mol. The van der Waals surface area contributed by atoms with Gasteiger partial charge in [0.15, 0.2) is 0 Å². The third-order valence-electron chi connectivity index (χ3n) is 3.86. The predicted octanol–water partition coefficient (Wildman–Crippen LogP) is 2.63. The van der Waals surface area contributed by atoms with Gasteiger partial charge in [0.25, 0.3) is 5.91 Å². The first-order valence-corrected chi connectivity index (χ1v) is 7.29. The fourth-order valence-electron chi connectivity index (χ4n) is 2.60. The van der Waals surface area contributed by atoms with E-state index >= 15 is 0 Å². The molecule has 0 aliphatic rings. The summed E-state index contributed by atoms with van der Waals surface area (Å²) in [5.74, 6) is -1.63. The number of aromatic amines is 1. The van der Waals surface area contributed by atoms with Crippen LogP contribution in [0.15, 0.2) is 41.1 Å². The van der Waals surface area contributed by atoms with E-state index in [0.717, 1.165) is 5.39 Å². The molecule has 0 spiro atoms. The van der Waals surface area contributed by atoms with E-state index in [1.165, 1.54) is 24.5 Å². The van der Waals surface area contributed by atoms with Gasteiger partial charge in [-0.15, -0.1) is 0 Å². The van der Waals surface area contributed by atoms with Crippen molar-refractivity contribution in [2.45, 2.75) is 19.4 Å². The molecule has 0 radical (unpaired) electrons. The van der Waals surface area contributed by atoms with Crippen molar-refractivity contribution >= 4 is 22.8 Å². The van der Waals surface area contributed by atoms with E-state index in [1.54, 1.807) is 19.2 Å². The quantitative estimate of drug-likeness (QED) is 0.670. The Morgan fingerprint density at radius 1 is 1.38 bits per heavy atom. The maximum absolute atomic E-state index is 13.2. The Morgan fingerprint density at radius 2 is 2.17 bits per heavy atom. The fraction of sp³-hybridized carbons (Fsp3) is 0.176. The number of aromatic nitrogens is 1. The number of aliphatic carboxylic acids is 1. The molecule has 2 heterocycles. The van der Waals surface area contributed by atoms with E-state index in [0.29, 0.717) is 22.4 Å². The van der Waals surface area contributed by atoms with Gasteiger partial charge in [-0.2, -0.15) is 0 Å². The van der Waals surface area contributed by atoms with Gasteiger partial charge < -0.3 is 19.8 Å². The number of rotatable bonds is 5. The summed E-state index contributed by atoms with van der Waals surface area (Å²) in [5, 5.41) is 12.6. The Bertz CT molecular complexity index is 912. The second-order valence-electron chi connectivity index (χ2n) is 5.46. The number of H-pyrrole nitrogens is 1. The van der Waals surface area contributed by atoms with Gasteiger partial charge in [-0.25, -0.2) is 9.18 Å². The molecule has 0 bridgehead atoms. The number of carbonyl (C=O) groups is 2. The zero-order valence-corrected chi connectivity index (χ0v) is 12.8. The highest BCUT2D eigenvalue weighted by molar-refractivity contribution is 5.97. The molecular formula is C17H15FN2O4. The number of furan rings is 1. The largest absolute Gasteiger partial charge is 0.480 e. The van der Waals surface area contributed by atoms with Crippen LogP contribution in [0.5, 0.6) is 0 Å². The second kappa shape index (κ2) is 6.19. The number of carboxylic acid groups (broad SMARTS) is 1. The molecule has 1 amide bonds. The van der Waals surface area contributed by atoms with E-state index in [9.17, 15) is 19.1 Å². The predicted molar refractivity (Wildman–Crippen MR) is 84.3 cm³/mol. The minimum atomic E-state index is -1.15. The number of hydrogen-bond donors (Lipinski definition) is 3. The lowest BCUT2D eigenvalue weighted by Gasteiger charge is -2.14. The number of nitrogens with one attached hydrogen (secondary N) is 2. The Labute approximate surface area is 136 Å². The minimum absolute atomic E-state index is 0.0730. The molecule has 1 unspecified atom stereocenters. The summed E-state index contributed by atoms with van der Waals surface area (Å²) in [6, 6.07) is 4.59. The molecule has 24 heavy (non-hydrogen) atoms. The van der Waals surface area contributed by atoms with Crippen molar-refractivity contribution in [3.05, 3.63) is 59.4 Å². The molecule has 6 nitrogen and oxygen atoms in total. The van der Waals surface area contributed by atoms with Gasteiger partial charge in [-0.1, -0.05) is 0 Å². The molecule has 0 aliphatic carbocycles. The smallest absolute Gasteiger partial charge is 0.326 e. The first kappa shape index (κ1) is 15.8. The average Bonchev–Trinajstić information content (AvgIpc) is 3.12. The SMILES string of the molecule is Cc1occc1C(=O)NC(Cc1c[nH]c2cc(F)ccc12)C(=O)O. The van der Waals surface area contributed by atoms with Crippen molar-refractivity contribution < 1.29 is 23.5 Å². The molecule has 1 aromatic carbocycles. The molecule has 1 atom stereocenters. The molecule has 124 valence electrons. The average molecular weight is 330 g/mol. The third-order valence-corrected chi connectivity index (χ3v) is 3.86. The molecule has 0 fully saturated rings. The van der Waals surface area contributed by atoms with Crippen molar-refractivity contribution in [2.75, 3.05) is 0 Å². The maximum Gasteiger partial charge on any atom is 0.326 e. The number of carboxylic acids is 1. The molecular weight excluding hydrogens is 315 g/mol. The maximum atomic E-state index is 13.2. The zero-order chi connectivity index (χ0) is 17.3. The number of benzene rings is 1. The summed E-state index contributed by atoms with van der Waals surface area (Å²) < 4.78 is 18.3. The summed E-state index contributed by atoms with van der Waals surface area (Å²) in [5.41, 5.74) is 1.55. The van der Waals surface area contributed by atoms with Crippen LogP contribution in [0.25, 0.3) is 10.9 Å². The summed E-state index contributed by atoms with van der Waals surface area (Å²) in [6.07, 6.45) is 3.06. The molecule has 2 aromatic heterocycles. The van der Waals surface area contributed by atoms with Crippen LogP contribution in [0.4, 0.5) is 4.39 Å². The number of fused-ring (bicyclic) bond motifs is 1. The van der Waals surface area contributed by atoms with Crippen LogP contribution in [-0.4, -0.2) is 28.0 Å². The van der Waals surface area contributed by atoms with Crippen LogP contribution >= 0.6 is 0 Å².